The van der Waals surface area contributed by atoms with E-state index in [9.17, 15) is 4.79 Å². The molecular weight excluding hydrogens is 262 g/mol. The standard InChI is InChI=1S/C18H23NO2/c1-2-19(14-16-7-5-8-16)18(21)17-11-9-15(10-12-17)6-3-4-13-20/h9-12,16,20H,2,4-5,7-8,13-14H2,1H3. The zero-order valence-electron chi connectivity index (χ0n) is 12.6. The highest BCUT2D eigenvalue weighted by atomic mass is 16.2. The molecule has 0 bridgehead atoms. The molecule has 1 fully saturated rings. The highest BCUT2D eigenvalue weighted by molar-refractivity contribution is 5.94. The van der Waals surface area contributed by atoms with Crippen LogP contribution in [0.4, 0.5) is 0 Å². The van der Waals surface area contributed by atoms with E-state index in [4.69, 9.17) is 5.11 Å². The van der Waals surface area contributed by atoms with E-state index in [1.807, 2.05) is 36.1 Å². The van der Waals surface area contributed by atoms with Crippen molar-refractivity contribution in [2.24, 2.45) is 5.92 Å². The van der Waals surface area contributed by atoms with Crippen molar-refractivity contribution in [3.8, 4) is 11.8 Å². The molecular formula is C18H23NO2. The Kier molecular flexibility index (Phi) is 5.83. The predicted molar refractivity (Wildman–Crippen MR) is 83.9 cm³/mol. The largest absolute Gasteiger partial charge is 0.395 e. The Balaban J connectivity index is 1.99. The van der Waals surface area contributed by atoms with Crippen molar-refractivity contribution in [1.29, 1.82) is 0 Å². The molecule has 3 nitrogen and oxygen atoms in total. The van der Waals surface area contributed by atoms with E-state index < -0.39 is 0 Å². The Labute approximate surface area is 127 Å². The summed E-state index contributed by atoms with van der Waals surface area (Å²) < 4.78 is 0. The normalized spacial score (nSPS) is 14.0. The molecule has 1 aliphatic rings. The van der Waals surface area contributed by atoms with Gasteiger partial charge in [-0.05, 0) is 49.9 Å². The third-order valence-corrected chi connectivity index (χ3v) is 3.97. The molecule has 3 heteroatoms. The number of nitrogens with zero attached hydrogens (tertiary/aromatic N) is 1. The maximum Gasteiger partial charge on any atom is 0.253 e. The molecule has 1 aliphatic carbocycles. The molecule has 112 valence electrons. The monoisotopic (exact) mass is 285 g/mol. The van der Waals surface area contributed by atoms with Gasteiger partial charge in [-0.25, -0.2) is 0 Å². The van der Waals surface area contributed by atoms with Crippen LogP contribution in [0.15, 0.2) is 24.3 Å². The van der Waals surface area contributed by atoms with Crippen LogP contribution < -0.4 is 0 Å². The summed E-state index contributed by atoms with van der Waals surface area (Å²) in [6, 6.07) is 7.42. The zero-order valence-corrected chi connectivity index (χ0v) is 12.6. The van der Waals surface area contributed by atoms with Crippen LogP contribution in [0.3, 0.4) is 0 Å². The first-order valence-corrected chi connectivity index (χ1v) is 7.73. The van der Waals surface area contributed by atoms with E-state index in [0.29, 0.717) is 12.3 Å². The lowest BCUT2D eigenvalue weighted by Crippen LogP contribution is -2.37. The quantitative estimate of drug-likeness (QED) is 0.845. The molecule has 0 aliphatic heterocycles. The average Bonchev–Trinajstić information content (AvgIpc) is 2.47. The first-order valence-electron chi connectivity index (χ1n) is 7.73. The van der Waals surface area contributed by atoms with Crippen molar-refractivity contribution in [2.45, 2.75) is 32.6 Å². The summed E-state index contributed by atoms with van der Waals surface area (Å²) in [7, 11) is 0. The average molecular weight is 285 g/mol. The van der Waals surface area contributed by atoms with Gasteiger partial charge >= 0.3 is 0 Å². The van der Waals surface area contributed by atoms with Gasteiger partial charge in [0.15, 0.2) is 0 Å². The molecule has 1 aromatic rings. The van der Waals surface area contributed by atoms with Gasteiger partial charge in [-0.3, -0.25) is 4.79 Å². The number of aliphatic hydroxyl groups is 1. The smallest absolute Gasteiger partial charge is 0.253 e. The third kappa shape index (κ3) is 4.34. The van der Waals surface area contributed by atoms with Gasteiger partial charge in [0.1, 0.15) is 0 Å². The van der Waals surface area contributed by atoms with Crippen molar-refractivity contribution in [1.82, 2.24) is 4.90 Å². The highest BCUT2D eigenvalue weighted by Gasteiger charge is 2.23. The Bertz CT molecular complexity index is 520. The molecule has 1 amide bonds. The van der Waals surface area contributed by atoms with Crippen molar-refractivity contribution in [3.05, 3.63) is 35.4 Å². The lowest BCUT2D eigenvalue weighted by atomic mass is 9.85. The summed E-state index contributed by atoms with van der Waals surface area (Å²) in [6.45, 7) is 3.75. The Hall–Kier alpha value is -1.79. The van der Waals surface area contributed by atoms with E-state index in [1.54, 1.807) is 0 Å². The van der Waals surface area contributed by atoms with Crippen molar-refractivity contribution >= 4 is 5.91 Å². The second-order valence-electron chi connectivity index (χ2n) is 5.49. The van der Waals surface area contributed by atoms with E-state index in [-0.39, 0.29) is 12.5 Å². The van der Waals surface area contributed by atoms with Crippen LogP contribution >= 0.6 is 0 Å². The maximum atomic E-state index is 12.5. The number of rotatable bonds is 5. The Morgan fingerprint density at radius 3 is 2.57 bits per heavy atom. The Morgan fingerprint density at radius 2 is 2.05 bits per heavy atom. The van der Waals surface area contributed by atoms with Crippen LogP contribution in [0, 0.1) is 17.8 Å². The topological polar surface area (TPSA) is 40.5 Å². The van der Waals surface area contributed by atoms with E-state index >= 15 is 0 Å². The van der Waals surface area contributed by atoms with Crippen LogP contribution in [-0.4, -0.2) is 35.6 Å². The minimum Gasteiger partial charge on any atom is -0.395 e. The van der Waals surface area contributed by atoms with Gasteiger partial charge in [0.05, 0.1) is 6.61 Å². The SMILES string of the molecule is CCN(CC1CCC1)C(=O)c1ccc(C#CCCO)cc1. The Morgan fingerprint density at radius 1 is 1.33 bits per heavy atom. The van der Waals surface area contributed by atoms with Crippen LogP contribution in [0.2, 0.25) is 0 Å². The predicted octanol–water partition coefficient (Wildman–Crippen LogP) is 2.68. The van der Waals surface area contributed by atoms with Gasteiger partial charge in [0.25, 0.3) is 5.91 Å². The zero-order chi connectivity index (χ0) is 15.1. The van der Waals surface area contributed by atoms with Gasteiger partial charge < -0.3 is 10.0 Å². The fourth-order valence-corrected chi connectivity index (χ4v) is 2.44. The van der Waals surface area contributed by atoms with Crippen LogP contribution in [0.5, 0.6) is 0 Å². The van der Waals surface area contributed by atoms with Crippen molar-refractivity contribution in [3.63, 3.8) is 0 Å². The van der Waals surface area contributed by atoms with Gasteiger partial charge in [-0.2, -0.15) is 0 Å². The van der Waals surface area contributed by atoms with E-state index in [0.717, 1.165) is 24.2 Å². The van der Waals surface area contributed by atoms with Crippen molar-refractivity contribution < 1.29 is 9.90 Å². The van der Waals surface area contributed by atoms with Crippen LogP contribution in [-0.2, 0) is 0 Å². The molecule has 0 spiro atoms. The number of hydrogen-bond donors (Lipinski definition) is 1. The number of carbonyl (C=O) groups excluding carboxylic acids is 1. The van der Waals surface area contributed by atoms with Gasteiger partial charge in [0.2, 0.25) is 0 Å². The highest BCUT2D eigenvalue weighted by Crippen LogP contribution is 2.27. The van der Waals surface area contributed by atoms with E-state index in [1.165, 1.54) is 19.3 Å². The number of benzene rings is 1. The summed E-state index contributed by atoms with van der Waals surface area (Å²) in [5, 5.41) is 8.69. The number of aliphatic hydroxyl groups excluding tert-OH is 1. The van der Waals surface area contributed by atoms with Gasteiger partial charge in [-0.1, -0.05) is 18.3 Å². The second kappa shape index (κ2) is 7.85. The minimum absolute atomic E-state index is 0.0796. The molecule has 0 unspecified atom stereocenters. The minimum atomic E-state index is 0.0796. The molecule has 0 atom stereocenters. The number of carbonyl (C=O) groups is 1. The first-order chi connectivity index (χ1) is 10.2. The molecule has 0 aromatic heterocycles. The van der Waals surface area contributed by atoms with Crippen molar-refractivity contribution in [2.75, 3.05) is 19.7 Å². The first kappa shape index (κ1) is 15.6. The summed E-state index contributed by atoms with van der Waals surface area (Å²) in [6.07, 6.45) is 4.29. The summed E-state index contributed by atoms with van der Waals surface area (Å²) >= 11 is 0. The second-order valence-corrected chi connectivity index (χ2v) is 5.49. The summed E-state index contributed by atoms with van der Waals surface area (Å²) in [4.78, 5) is 14.4. The van der Waals surface area contributed by atoms with Gasteiger partial charge in [0, 0.05) is 30.6 Å². The van der Waals surface area contributed by atoms with Gasteiger partial charge in [-0.15, -0.1) is 0 Å². The molecule has 0 heterocycles. The molecule has 2 rings (SSSR count). The molecule has 21 heavy (non-hydrogen) atoms. The van der Waals surface area contributed by atoms with Crippen LogP contribution in [0.25, 0.3) is 0 Å². The van der Waals surface area contributed by atoms with E-state index in [2.05, 4.69) is 11.8 Å². The lowest BCUT2D eigenvalue weighted by molar-refractivity contribution is 0.0706. The molecule has 1 N–H and O–H groups in total. The maximum absolute atomic E-state index is 12.5. The lowest BCUT2D eigenvalue weighted by Gasteiger charge is -2.31. The molecule has 0 radical (unpaired) electrons. The third-order valence-electron chi connectivity index (χ3n) is 3.97. The fourth-order valence-electron chi connectivity index (χ4n) is 2.44. The summed E-state index contributed by atoms with van der Waals surface area (Å²) in [5.41, 5.74) is 1.60. The summed E-state index contributed by atoms with van der Waals surface area (Å²) in [5.74, 6) is 6.65. The molecule has 1 saturated carbocycles. The number of hydrogen-bond acceptors (Lipinski definition) is 2. The number of amides is 1. The fraction of sp³-hybridized carbons (Fsp3) is 0.500. The molecule has 0 saturated heterocycles. The van der Waals surface area contributed by atoms with Crippen LogP contribution in [0.1, 0.15) is 48.5 Å². The molecule has 1 aromatic carbocycles.